The van der Waals surface area contributed by atoms with E-state index in [1.807, 2.05) is 0 Å². The number of guanidine groups is 1. The van der Waals surface area contributed by atoms with Gasteiger partial charge in [-0.25, -0.2) is 0 Å². The molecule has 0 spiro atoms. The van der Waals surface area contributed by atoms with Crippen LogP contribution in [0.4, 0.5) is 0 Å². The van der Waals surface area contributed by atoms with Crippen molar-refractivity contribution < 1.29 is 24.3 Å². The van der Waals surface area contributed by atoms with Crippen molar-refractivity contribution in [3.8, 4) is 0 Å². The lowest BCUT2D eigenvalue weighted by Gasteiger charge is -2.27. The van der Waals surface area contributed by atoms with Gasteiger partial charge in [-0.05, 0) is 25.7 Å². The summed E-state index contributed by atoms with van der Waals surface area (Å²) >= 11 is 0. The molecule has 0 saturated carbocycles. The molecular formula is C16H27N5O5. The molecule has 1 heterocycles. The summed E-state index contributed by atoms with van der Waals surface area (Å²) in [4.78, 5) is 52.0. The predicted octanol–water partition coefficient (Wildman–Crippen LogP) is -1.17. The van der Waals surface area contributed by atoms with Crippen molar-refractivity contribution in [3.63, 3.8) is 0 Å². The number of nitrogens with zero attached hydrogens (tertiary/aromatic N) is 2. The molecule has 10 nitrogen and oxygen atoms in total. The Hall–Kier alpha value is -2.65. The third-order valence-corrected chi connectivity index (χ3v) is 4.20. The summed E-state index contributed by atoms with van der Waals surface area (Å²) in [6.45, 7) is 2.28. The van der Waals surface area contributed by atoms with Crippen LogP contribution in [0.15, 0.2) is 4.99 Å². The number of carboxylic acids is 1. The van der Waals surface area contributed by atoms with Crippen molar-refractivity contribution in [2.45, 2.75) is 51.1 Å². The third kappa shape index (κ3) is 6.69. The van der Waals surface area contributed by atoms with E-state index in [1.54, 1.807) is 0 Å². The van der Waals surface area contributed by atoms with E-state index < -0.39 is 29.9 Å². The number of hydrogen-bond donors (Lipinski definition) is 4. The van der Waals surface area contributed by atoms with Crippen molar-refractivity contribution in [2.75, 3.05) is 13.1 Å². The minimum Gasteiger partial charge on any atom is -0.481 e. The normalized spacial score (nSPS) is 18.7. The standard InChI is InChI=1S/C16H27N5O5/c1-10(8-13(23)24)15(26)21-7-3-5-12(21)14(25)20-11(9-22)4-2-6-19-16(17)18/h9-12H,2-8H2,1H3,(H,20,25)(H,23,24)(H4,17,18,19). The SMILES string of the molecule is CC(CC(=O)O)C(=O)N1CCCC1C(=O)NC(C=O)CCCN=C(N)N. The molecule has 0 bridgehead atoms. The van der Waals surface area contributed by atoms with Gasteiger partial charge in [0.25, 0.3) is 0 Å². The fraction of sp³-hybridized carbons (Fsp3) is 0.688. The van der Waals surface area contributed by atoms with Gasteiger partial charge < -0.3 is 31.6 Å². The Labute approximate surface area is 152 Å². The van der Waals surface area contributed by atoms with Crippen LogP contribution in [0.2, 0.25) is 0 Å². The molecule has 1 fully saturated rings. The van der Waals surface area contributed by atoms with E-state index in [0.717, 1.165) is 0 Å². The number of nitrogens with two attached hydrogens (primary N) is 2. The fourth-order valence-electron chi connectivity index (χ4n) is 2.91. The molecule has 1 aliphatic rings. The van der Waals surface area contributed by atoms with Crippen molar-refractivity contribution in [1.29, 1.82) is 0 Å². The highest BCUT2D eigenvalue weighted by atomic mass is 16.4. The molecule has 0 aromatic heterocycles. The van der Waals surface area contributed by atoms with Crippen LogP contribution in [0, 0.1) is 5.92 Å². The molecule has 6 N–H and O–H groups in total. The number of aliphatic carboxylic acids is 1. The Balaban J connectivity index is 2.60. The largest absolute Gasteiger partial charge is 0.481 e. The van der Waals surface area contributed by atoms with Gasteiger partial charge in [-0.2, -0.15) is 0 Å². The van der Waals surface area contributed by atoms with E-state index in [2.05, 4.69) is 10.3 Å². The summed E-state index contributed by atoms with van der Waals surface area (Å²) in [7, 11) is 0. The van der Waals surface area contributed by atoms with E-state index in [1.165, 1.54) is 11.8 Å². The van der Waals surface area contributed by atoms with Gasteiger partial charge >= 0.3 is 5.97 Å². The highest BCUT2D eigenvalue weighted by Crippen LogP contribution is 2.21. The second-order valence-corrected chi connectivity index (χ2v) is 6.39. The van der Waals surface area contributed by atoms with Crippen LogP contribution in [0.3, 0.4) is 0 Å². The maximum Gasteiger partial charge on any atom is 0.304 e. The molecule has 3 atom stereocenters. The van der Waals surface area contributed by atoms with E-state index >= 15 is 0 Å². The number of rotatable bonds is 10. The number of nitrogens with one attached hydrogen (secondary N) is 1. The maximum atomic E-state index is 12.5. The molecule has 0 aromatic rings. The fourth-order valence-corrected chi connectivity index (χ4v) is 2.91. The maximum absolute atomic E-state index is 12.5. The molecule has 1 rings (SSSR count). The first kappa shape index (κ1) is 21.4. The third-order valence-electron chi connectivity index (χ3n) is 4.20. The molecular weight excluding hydrogens is 342 g/mol. The van der Waals surface area contributed by atoms with Gasteiger partial charge in [0.15, 0.2) is 5.96 Å². The van der Waals surface area contributed by atoms with Gasteiger partial charge in [-0.15, -0.1) is 0 Å². The molecule has 0 aliphatic carbocycles. The average molecular weight is 369 g/mol. The van der Waals surface area contributed by atoms with Crippen LogP contribution >= 0.6 is 0 Å². The highest BCUT2D eigenvalue weighted by Gasteiger charge is 2.36. The lowest BCUT2D eigenvalue weighted by atomic mass is 10.1. The van der Waals surface area contributed by atoms with Gasteiger partial charge in [-0.3, -0.25) is 19.4 Å². The Kier molecular flexibility index (Phi) is 8.53. The van der Waals surface area contributed by atoms with Crippen molar-refractivity contribution in [2.24, 2.45) is 22.4 Å². The van der Waals surface area contributed by atoms with E-state index in [0.29, 0.717) is 45.1 Å². The summed E-state index contributed by atoms with van der Waals surface area (Å²) < 4.78 is 0. The van der Waals surface area contributed by atoms with Gasteiger partial charge in [0, 0.05) is 19.0 Å². The van der Waals surface area contributed by atoms with Crippen LogP contribution < -0.4 is 16.8 Å². The van der Waals surface area contributed by atoms with Gasteiger partial charge in [0.2, 0.25) is 11.8 Å². The summed E-state index contributed by atoms with van der Waals surface area (Å²) in [5.74, 6) is -2.57. The Bertz CT molecular complexity index is 561. The average Bonchev–Trinajstić information content (AvgIpc) is 3.05. The lowest BCUT2D eigenvalue weighted by molar-refractivity contribution is -0.146. The molecule has 26 heavy (non-hydrogen) atoms. The number of carbonyl (C=O) groups is 4. The van der Waals surface area contributed by atoms with Crippen LogP contribution in [0.1, 0.15) is 39.0 Å². The smallest absolute Gasteiger partial charge is 0.304 e. The second-order valence-electron chi connectivity index (χ2n) is 6.39. The van der Waals surface area contributed by atoms with E-state index in [9.17, 15) is 19.2 Å². The quantitative estimate of drug-likeness (QED) is 0.163. The van der Waals surface area contributed by atoms with Crippen LogP contribution in [0.25, 0.3) is 0 Å². The number of carboxylic acid groups (broad SMARTS) is 1. The molecule has 10 heteroatoms. The molecule has 1 saturated heterocycles. The number of aliphatic imine (C=N–C) groups is 1. The number of hydrogen-bond acceptors (Lipinski definition) is 5. The topological polar surface area (TPSA) is 168 Å². The minimum absolute atomic E-state index is 0.0349. The highest BCUT2D eigenvalue weighted by molar-refractivity contribution is 5.91. The zero-order valence-electron chi connectivity index (χ0n) is 14.9. The van der Waals surface area contributed by atoms with E-state index in [4.69, 9.17) is 16.6 Å². The zero-order valence-corrected chi connectivity index (χ0v) is 14.9. The van der Waals surface area contributed by atoms with Crippen molar-refractivity contribution >= 4 is 30.0 Å². The van der Waals surface area contributed by atoms with Crippen molar-refractivity contribution in [3.05, 3.63) is 0 Å². The first-order valence-corrected chi connectivity index (χ1v) is 8.59. The minimum atomic E-state index is -1.06. The van der Waals surface area contributed by atoms with Crippen LogP contribution in [-0.2, 0) is 19.2 Å². The lowest BCUT2D eigenvalue weighted by Crippen LogP contribution is -2.50. The monoisotopic (exact) mass is 369 g/mol. The molecule has 2 amide bonds. The molecule has 0 aromatic carbocycles. The Morgan fingerprint density at radius 1 is 1.38 bits per heavy atom. The number of carbonyl (C=O) groups excluding carboxylic acids is 3. The van der Waals surface area contributed by atoms with Crippen molar-refractivity contribution in [1.82, 2.24) is 10.2 Å². The second kappa shape index (κ2) is 10.4. The first-order valence-electron chi connectivity index (χ1n) is 8.59. The number of aldehydes is 1. The van der Waals surface area contributed by atoms with Crippen LogP contribution in [-0.4, -0.2) is 65.2 Å². The summed E-state index contributed by atoms with van der Waals surface area (Å²) in [5, 5.41) is 11.5. The summed E-state index contributed by atoms with van der Waals surface area (Å²) in [6, 6.07) is -1.37. The Morgan fingerprint density at radius 3 is 2.65 bits per heavy atom. The van der Waals surface area contributed by atoms with Gasteiger partial charge in [-0.1, -0.05) is 6.92 Å². The molecule has 146 valence electrons. The number of likely N-dealkylation sites (tertiary alicyclic amines) is 1. The summed E-state index contributed by atoms with van der Waals surface area (Å²) in [5.41, 5.74) is 10.4. The van der Waals surface area contributed by atoms with E-state index in [-0.39, 0.29) is 18.3 Å². The van der Waals surface area contributed by atoms with Gasteiger partial charge in [0.1, 0.15) is 12.3 Å². The predicted molar refractivity (Wildman–Crippen MR) is 94.1 cm³/mol. The number of amides is 2. The Morgan fingerprint density at radius 2 is 2.08 bits per heavy atom. The van der Waals surface area contributed by atoms with Crippen LogP contribution in [0.5, 0.6) is 0 Å². The van der Waals surface area contributed by atoms with Gasteiger partial charge in [0.05, 0.1) is 12.5 Å². The molecule has 3 unspecified atom stereocenters. The summed E-state index contributed by atoms with van der Waals surface area (Å²) in [6.07, 6.45) is 2.39. The zero-order chi connectivity index (χ0) is 19.7. The molecule has 1 aliphatic heterocycles. The first-order chi connectivity index (χ1) is 12.3. The molecule has 0 radical (unpaired) electrons.